The summed E-state index contributed by atoms with van der Waals surface area (Å²) in [5.41, 5.74) is 0.133. The molecule has 2 unspecified atom stereocenters. The molecule has 178 valence electrons. The minimum absolute atomic E-state index is 0.0401. The highest BCUT2D eigenvalue weighted by Gasteiger charge is 2.48. The second-order valence-corrected chi connectivity index (χ2v) is 8.50. The average molecular weight is 483 g/mol. The van der Waals surface area contributed by atoms with Gasteiger partial charge < -0.3 is 15.3 Å². The van der Waals surface area contributed by atoms with Gasteiger partial charge in [-0.2, -0.15) is 13.4 Å². The van der Waals surface area contributed by atoms with Crippen molar-refractivity contribution in [2.45, 2.75) is 19.0 Å². The van der Waals surface area contributed by atoms with Gasteiger partial charge in [-0.15, -0.1) is 0 Å². The molecule has 15 heteroatoms. The lowest BCUT2D eigenvalue weighted by Crippen LogP contribution is -2.67. The standard InChI is InChI=1S/C18H21N5O9S/c1-2-20-8-9-21(17(27)16(20)26)23(18(28)29)13(11-6-4-3-5-7-11)14(24)19-12-10-22(15(12)25)33(30,31)32/h3-7,12-13H,2,8-10H2,1H3,(H,19,24)(H,28,29)(H,30,31,32). The molecule has 3 rings (SSSR count). The fourth-order valence-electron chi connectivity index (χ4n) is 3.52. The molecule has 2 atom stereocenters. The highest BCUT2D eigenvalue weighted by atomic mass is 32.2. The fourth-order valence-corrected chi connectivity index (χ4v) is 4.22. The summed E-state index contributed by atoms with van der Waals surface area (Å²) in [4.78, 5) is 63.5. The Kier molecular flexibility index (Phi) is 6.55. The van der Waals surface area contributed by atoms with Crippen molar-refractivity contribution in [1.29, 1.82) is 0 Å². The molecule has 0 spiro atoms. The van der Waals surface area contributed by atoms with E-state index in [1.165, 1.54) is 29.2 Å². The van der Waals surface area contributed by atoms with Gasteiger partial charge in [-0.3, -0.25) is 23.7 Å². The lowest BCUT2D eigenvalue weighted by molar-refractivity contribution is -0.171. The zero-order valence-electron chi connectivity index (χ0n) is 17.3. The van der Waals surface area contributed by atoms with Crippen molar-refractivity contribution in [3.63, 3.8) is 0 Å². The van der Waals surface area contributed by atoms with Crippen molar-refractivity contribution in [3.05, 3.63) is 35.9 Å². The molecule has 14 nitrogen and oxygen atoms in total. The zero-order chi connectivity index (χ0) is 24.5. The third-order valence-corrected chi connectivity index (χ3v) is 6.11. The summed E-state index contributed by atoms with van der Waals surface area (Å²) >= 11 is 0. The van der Waals surface area contributed by atoms with Crippen LogP contribution in [0.2, 0.25) is 0 Å². The number of carbonyl (C=O) groups excluding carboxylic acids is 4. The molecule has 2 fully saturated rings. The number of hydrogen-bond acceptors (Lipinski definition) is 7. The van der Waals surface area contributed by atoms with Gasteiger partial charge in [0.15, 0.2) is 6.04 Å². The number of hydrazine groups is 1. The number of likely N-dealkylation sites (N-methyl/N-ethyl adjacent to an activating group) is 1. The molecule has 0 radical (unpaired) electrons. The molecule has 2 saturated heterocycles. The summed E-state index contributed by atoms with van der Waals surface area (Å²) in [5.74, 6) is -4.21. The molecule has 2 aliphatic rings. The Hall–Kier alpha value is -3.72. The second-order valence-electron chi connectivity index (χ2n) is 7.16. The van der Waals surface area contributed by atoms with E-state index in [9.17, 15) is 37.5 Å². The van der Waals surface area contributed by atoms with Crippen molar-refractivity contribution in [3.8, 4) is 0 Å². The van der Waals surface area contributed by atoms with E-state index in [1.54, 1.807) is 13.0 Å². The van der Waals surface area contributed by atoms with Gasteiger partial charge in [-0.1, -0.05) is 30.3 Å². The van der Waals surface area contributed by atoms with E-state index in [4.69, 9.17) is 4.55 Å². The van der Waals surface area contributed by atoms with Crippen LogP contribution < -0.4 is 5.32 Å². The number of nitrogens with zero attached hydrogens (tertiary/aromatic N) is 4. The second kappa shape index (κ2) is 9.03. The molecule has 2 aliphatic heterocycles. The van der Waals surface area contributed by atoms with E-state index >= 15 is 0 Å². The number of β-lactam (4-membered cyclic amide) rings is 1. The first-order valence-corrected chi connectivity index (χ1v) is 11.1. The SMILES string of the molecule is CCN1CCN(N(C(=O)O)C(C(=O)NC2CN(S(=O)(=O)O)C2=O)c2ccccc2)C(=O)C1=O. The number of benzene rings is 1. The highest BCUT2D eigenvalue weighted by Crippen LogP contribution is 2.26. The maximum Gasteiger partial charge on any atom is 0.427 e. The molecule has 0 saturated carbocycles. The summed E-state index contributed by atoms with van der Waals surface area (Å²) in [6, 6.07) is 4.47. The Bertz CT molecular complexity index is 1090. The predicted molar refractivity (Wildman–Crippen MR) is 108 cm³/mol. The van der Waals surface area contributed by atoms with Crippen LogP contribution in [0.3, 0.4) is 0 Å². The third kappa shape index (κ3) is 4.58. The van der Waals surface area contributed by atoms with Gasteiger partial charge >= 0.3 is 28.2 Å². The number of amides is 5. The highest BCUT2D eigenvalue weighted by molar-refractivity contribution is 7.84. The minimum Gasteiger partial charge on any atom is -0.464 e. The maximum absolute atomic E-state index is 13.1. The topological polar surface area (TPSA) is 185 Å². The minimum atomic E-state index is -4.79. The normalized spacial score (nSPS) is 19.8. The predicted octanol–water partition coefficient (Wildman–Crippen LogP) is -1.56. The summed E-state index contributed by atoms with van der Waals surface area (Å²) < 4.78 is 31.3. The smallest absolute Gasteiger partial charge is 0.427 e. The molecule has 33 heavy (non-hydrogen) atoms. The summed E-state index contributed by atoms with van der Waals surface area (Å²) in [5, 5.41) is 13.2. The Balaban J connectivity index is 1.92. The lowest BCUT2D eigenvalue weighted by atomic mass is 10.0. The number of carbonyl (C=O) groups is 5. The van der Waals surface area contributed by atoms with E-state index in [-0.39, 0.29) is 29.5 Å². The first-order chi connectivity index (χ1) is 15.5. The largest absolute Gasteiger partial charge is 0.464 e. The Morgan fingerprint density at radius 1 is 1.15 bits per heavy atom. The molecule has 5 amide bonds. The van der Waals surface area contributed by atoms with Crippen LogP contribution >= 0.6 is 0 Å². The summed E-state index contributed by atoms with van der Waals surface area (Å²) in [6.07, 6.45) is -1.70. The monoisotopic (exact) mass is 483 g/mol. The van der Waals surface area contributed by atoms with E-state index in [0.717, 1.165) is 0 Å². The van der Waals surface area contributed by atoms with Crippen LogP contribution in [0.1, 0.15) is 18.5 Å². The van der Waals surface area contributed by atoms with E-state index in [0.29, 0.717) is 10.0 Å². The first-order valence-electron chi connectivity index (χ1n) is 9.74. The molecule has 3 N–H and O–H groups in total. The molecular weight excluding hydrogens is 462 g/mol. The summed E-state index contributed by atoms with van der Waals surface area (Å²) in [7, 11) is -4.79. The number of rotatable bonds is 7. The molecule has 0 aliphatic carbocycles. The van der Waals surface area contributed by atoms with Crippen molar-refractivity contribution in [1.82, 2.24) is 24.5 Å². The summed E-state index contributed by atoms with van der Waals surface area (Å²) in [6.45, 7) is 1.19. The molecule has 1 aromatic carbocycles. The number of carboxylic acid groups (broad SMARTS) is 1. The van der Waals surface area contributed by atoms with Gasteiger partial charge in [-0.05, 0) is 12.5 Å². The van der Waals surface area contributed by atoms with Crippen LogP contribution in [0.4, 0.5) is 4.79 Å². The van der Waals surface area contributed by atoms with Crippen molar-refractivity contribution < 1.29 is 42.0 Å². The van der Waals surface area contributed by atoms with Gasteiger partial charge in [0.2, 0.25) is 5.91 Å². The molecule has 0 aromatic heterocycles. The van der Waals surface area contributed by atoms with E-state index in [2.05, 4.69) is 5.32 Å². The number of piperazine rings is 1. The lowest BCUT2D eigenvalue weighted by Gasteiger charge is -2.42. The maximum atomic E-state index is 13.1. The van der Waals surface area contributed by atoms with Crippen molar-refractivity contribution in [2.75, 3.05) is 26.2 Å². The number of hydrogen-bond donors (Lipinski definition) is 3. The molecular formula is C18H21N5O9S. The van der Waals surface area contributed by atoms with Crippen molar-refractivity contribution >= 4 is 40.0 Å². The van der Waals surface area contributed by atoms with Gasteiger partial charge in [0.1, 0.15) is 6.04 Å². The molecule has 1 aromatic rings. The Morgan fingerprint density at radius 2 is 1.79 bits per heavy atom. The Labute approximate surface area is 188 Å². The van der Waals surface area contributed by atoms with Gasteiger partial charge in [0, 0.05) is 13.1 Å². The van der Waals surface area contributed by atoms with E-state index in [1.807, 2.05) is 0 Å². The van der Waals surface area contributed by atoms with Crippen LogP contribution in [-0.2, 0) is 29.5 Å². The fraction of sp³-hybridized carbons (Fsp3) is 0.389. The third-order valence-electron chi connectivity index (χ3n) is 5.22. The van der Waals surface area contributed by atoms with Crippen LogP contribution in [0.5, 0.6) is 0 Å². The zero-order valence-corrected chi connectivity index (χ0v) is 18.1. The van der Waals surface area contributed by atoms with Crippen LogP contribution in [0, 0.1) is 0 Å². The van der Waals surface area contributed by atoms with Gasteiger partial charge in [0.05, 0.1) is 13.1 Å². The first kappa shape index (κ1) is 23.9. The molecule has 0 bridgehead atoms. The van der Waals surface area contributed by atoms with Crippen LogP contribution in [-0.4, -0.2) is 99.2 Å². The quantitative estimate of drug-likeness (QED) is 0.234. The van der Waals surface area contributed by atoms with Crippen molar-refractivity contribution in [2.24, 2.45) is 0 Å². The Morgan fingerprint density at radius 3 is 2.30 bits per heavy atom. The van der Waals surface area contributed by atoms with Gasteiger partial charge in [-0.25, -0.2) is 14.1 Å². The number of nitrogens with one attached hydrogen (secondary N) is 1. The van der Waals surface area contributed by atoms with E-state index < -0.39 is 58.7 Å². The van der Waals surface area contributed by atoms with Gasteiger partial charge in [0.25, 0.3) is 5.91 Å². The average Bonchev–Trinajstić information content (AvgIpc) is 2.76. The molecule has 2 heterocycles. The van der Waals surface area contributed by atoms with Crippen LogP contribution in [0.15, 0.2) is 30.3 Å². The van der Waals surface area contributed by atoms with Crippen LogP contribution in [0.25, 0.3) is 0 Å².